The molecule has 0 spiro atoms. The van der Waals surface area contributed by atoms with Crippen molar-refractivity contribution in [2.75, 3.05) is 6.61 Å². The third-order valence-corrected chi connectivity index (χ3v) is 3.97. The van der Waals surface area contributed by atoms with Crippen LogP contribution in [-0.2, 0) is 6.18 Å². The summed E-state index contributed by atoms with van der Waals surface area (Å²) in [6.07, 6.45) is 0.997. The average Bonchev–Trinajstić information content (AvgIpc) is 2.64. The van der Waals surface area contributed by atoms with Crippen molar-refractivity contribution in [3.63, 3.8) is 0 Å². The second-order valence-electron chi connectivity index (χ2n) is 5.27. The van der Waals surface area contributed by atoms with Crippen LogP contribution in [0, 0.1) is 0 Å². The molecule has 0 aliphatic rings. The van der Waals surface area contributed by atoms with E-state index in [-0.39, 0.29) is 0 Å². The van der Waals surface area contributed by atoms with Gasteiger partial charge in [-0.1, -0.05) is 42.5 Å². The highest BCUT2D eigenvalue weighted by Crippen LogP contribution is 2.29. The lowest BCUT2D eigenvalue weighted by Gasteiger charge is -2.06. The topological polar surface area (TPSA) is 21.6 Å². The Morgan fingerprint density at radius 1 is 1.08 bits per heavy atom. The third-order valence-electron chi connectivity index (χ3n) is 3.36. The third kappa shape index (κ3) is 6.67. The zero-order valence-electron chi connectivity index (χ0n) is 14.0. The van der Waals surface area contributed by atoms with E-state index < -0.39 is 11.7 Å². The van der Waals surface area contributed by atoms with Gasteiger partial charge in [-0.2, -0.15) is 13.2 Å². The normalized spacial score (nSPS) is 13.3. The highest BCUT2D eigenvalue weighted by Gasteiger charge is 2.29. The minimum Gasteiger partial charge on any atom is -0.487 e. The molecule has 2 aromatic rings. The van der Waals surface area contributed by atoms with Gasteiger partial charge in [0.05, 0.1) is 11.3 Å². The molecule has 0 unspecified atom stereocenters. The molecule has 0 aromatic heterocycles. The summed E-state index contributed by atoms with van der Waals surface area (Å²) < 4.78 is 44.0. The van der Waals surface area contributed by atoms with E-state index in [4.69, 9.17) is 4.74 Å². The van der Waals surface area contributed by atoms with Crippen LogP contribution in [0.1, 0.15) is 18.1 Å². The second-order valence-corrected chi connectivity index (χ2v) is 6.37. The summed E-state index contributed by atoms with van der Waals surface area (Å²) in [5.74, 6) is 0.761. The highest BCUT2D eigenvalue weighted by atomic mass is 127. The Hall–Kier alpha value is -2.09. The van der Waals surface area contributed by atoms with Crippen LogP contribution in [0.2, 0.25) is 0 Å². The first-order chi connectivity index (χ1) is 12.4. The van der Waals surface area contributed by atoms with Gasteiger partial charge in [-0.15, -0.1) is 0 Å². The first-order valence-corrected chi connectivity index (χ1v) is 8.89. The Kier molecular flexibility index (Phi) is 7.44. The predicted molar refractivity (Wildman–Crippen MR) is 108 cm³/mol. The van der Waals surface area contributed by atoms with Gasteiger partial charge >= 0.3 is 6.18 Å². The van der Waals surface area contributed by atoms with E-state index in [2.05, 4.69) is 27.6 Å². The Labute approximate surface area is 164 Å². The summed E-state index contributed by atoms with van der Waals surface area (Å²) in [5.41, 5.74) is 0.771. The monoisotopic (exact) mass is 471 g/mol. The fourth-order valence-corrected chi connectivity index (χ4v) is 2.47. The minimum atomic E-state index is -4.32. The number of para-hydroxylation sites is 1. The van der Waals surface area contributed by atoms with Crippen molar-refractivity contribution in [3.8, 4) is 5.75 Å². The quantitative estimate of drug-likeness (QED) is 0.347. The zero-order valence-corrected chi connectivity index (χ0v) is 16.2. The van der Waals surface area contributed by atoms with Crippen LogP contribution < -0.4 is 4.74 Å². The maximum atomic E-state index is 12.6. The fourth-order valence-electron chi connectivity index (χ4n) is 1.98. The van der Waals surface area contributed by atoms with Crippen molar-refractivity contribution in [2.24, 2.45) is 4.99 Å². The molecule has 136 valence electrons. The number of allylic oxidation sites excluding steroid dienone is 2. The van der Waals surface area contributed by atoms with Gasteiger partial charge in [0, 0.05) is 0 Å². The second kappa shape index (κ2) is 9.56. The molecular formula is C20H17F3INO. The molecule has 0 heterocycles. The van der Waals surface area contributed by atoms with E-state index in [1.807, 2.05) is 43.3 Å². The van der Waals surface area contributed by atoms with Crippen LogP contribution in [0.25, 0.3) is 6.08 Å². The summed E-state index contributed by atoms with van der Waals surface area (Å²) in [5, 5.41) is 0. The van der Waals surface area contributed by atoms with E-state index in [9.17, 15) is 13.2 Å². The minimum absolute atomic E-state index is 0.334. The number of alkyl halides is 3. The van der Waals surface area contributed by atoms with Crippen molar-refractivity contribution in [3.05, 3.63) is 83.6 Å². The van der Waals surface area contributed by atoms with Crippen LogP contribution in [0.15, 0.2) is 77.4 Å². The predicted octanol–water partition coefficient (Wildman–Crippen LogP) is 6.53. The molecule has 0 bridgehead atoms. The number of aliphatic imine (C=N–C) groups is 1. The van der Waals surface area contributed by atoms with Crippen LogP contribution in [0.3, 0.4) is 0 Å². The zero-order chi connectivity index (χ0) is 19.0. The number of hydrogen-bond acceptors (Lipinski definition) is 2. The van der Waals surface area contributed by atoms with Crippen molar-refractivity contribution in [2.45, 2.75) is 13.1 Å². The van der Waals surface area contributed by atoms with Gasteiger partial charge in [0.2, 0.25) is 0 Å². The molecule has 2 rings (SSSR count). The number of hydrogen-bond donors (Lipinski definition) is 0. The van der Waals surface area contributed by atoms with Crippen LogP contribution in [-0.4, -0.2) is 10.3 Å². The number of halogens is 4. The molecule has 2 aromatic carbocycles. The summed E-state index contributed by atoms with van der Waals surface area (Å²) in [4.78, 5) is 4.45. The lowest BCUT2D eigenvalue weighted by Crippen LogP contribution is -2.03. The average molecular weight is 471 g/mol. The molecule has 0 saturated heterocycles. The first kappa shape index (κ1) is 20.2. The highest BCUT2D eigenvalue weighted by molar-refractivity contribution is 14.1. The molecule has 0 N–H and O–H groups in total. The molecule has 0 fully saturated rings. The Morgan fingerprint density at radius 3 is 2.31 bits per heavy atom. The van der Waals surface area contributed by atoms with Gasteiger partial charge in [-0.3, -0.25) is 0 Å². The maximum absolute atomic E-state index is 12.6. The number of benzene rings is 2. The SMILES string of the molecule is C\C=C(COc1ccccc1)/N=C(I)\C=C\c1ccc(C(F)(F)F)cc1. The number of nitrogens with zero attached hydrogens (tertiary/aromatic N) is 1. The van der Waals surface area contributed by atoms with Crippen molar-refractivity contribution in [1.82, 2.24) is 0 Å². The van der Waals surface area contributed by atoms with E-state index in [1.165, 1.54) is 12.1 Å². The summed E-state index contributed by atoms with van der Waals surface area (Å²) in [6, 6.07) is 14.4. The first-order valence-electron chi connectivity index (χ1n) is 7.81. The smallest absolute Gasteiger partial charge is 0.416 e. The van der Waals surface area contributed by atoms with Crippen molar-refractivity contribution in [1.29, 1.82) is 0 Å². The van der Waals surface area contributed by atoms with E-state index >= 15 is 0 Å². The lowest BCUT2D eigenvalue weighted by molar-refractivity contribution is -0.137. The van der Waals surface area contributed by atoms with Gasteiger partial charge in [-0.25, -0.2) is 4.99 Å². The van der Waals surface area contributed by atoms with Gasteiger partial charge in [0.1, 0.15) is 16.1 Å². The van der Waals surface area contributed by atoms with Crippen LogP contribution >= 0.6 is 22.6 Å². The molecule has 0 atom stereocenters. The van der Waals surface area contributed by atoms with Crippen LogP contribution in [0.4, 0.5) is 13.2 Å². The summed E-state index contributed by atoms with van der Waals surface area (Å²) >= 11 is 2.07. The number of ether oxygens (including phenoxy) is 1. The van der Waals surface area contributed by atoms with Gasteiger partial charge in [0.25, 0.3) is 0 Å². The molecule has 0 radical (unpaired) electrons. The van der Waals surface area contributed by atoms with E-state index in [0.29, 0.717) is 15.9 Å². The molecule has 6 heteroatoms. The van der Waals surface area contributed by atoms with Crippen LogP contribution in [0.5, 0.6) is 5.75 Å². The maximum Gasteiger partial charge on any atom is 0.416 e. The molecule has 26 heavy (non-hydrogen) atoms. The molecule has 2 nitrogen and oxygen atoms in total. The Morgan fingerprint density at radius 2 is 1.73 bits per heavy atom. The van der Waals surface area contributed by atoms with Gasteiger partial charge < -0.3 is 4.74 Å². The molecule has 0 aliphatic heterocycles. The van der Waals surface area contributed by atoms with Gasteiger partial charge in [0.15, 0.2) is 0 Å². The molecule has 0 amide bonds. The molecule has 0 aliphatic carbocycles. The Balaban J connectivity index is 1.98. The van der Waals surface area contributed by atoms with E-state index in [1.54, 1.807) is 12.2 Å². The standard InChI is InChI=1S/C20H17F3INO/c1-2-17(14-26-18-6-4-3-5-7-18)25-19(24)13-10-15-8-11-16(12-9-15)20(21,22)23/h2-13H,14H2,1H3/b13-10+,17-2-,25-19+. The summed E-state index contributed by atoms with van der Waals surface area (Å²) in [6.45, 7) is 2.21. The summed E-state index contributed by atoms with van der Waals surface area (Å²) in [7, 11) is 0. The fraction of sp³-hybridized carbons (Fsp3) is 0.150. The molecular weight excluding hydrogens is 454 g/mol. The molecule has 0 saturated carbocycles. The number of rotatable bonds is 6. The Bertz CT molecular complexity index is 794. The lowest BCUT2D eigenvalue weighted by atomic mass is 10.1. The van der Waals surface area contributed by atoms with E-state index in [0.717, 1.165) is 23.6 Å². The van der Waals surface area contributed by atoms with Crippen molar-refractivity contribution < 1.29 is 17.9 Å². The van der Waals surface area contributed by atoms with Crippen molar-refractivity contribution >= 4 is 32.4 Å². The largest absolute Gasteiger partial charge is 0.487 e. The van der Waals surface area contributed by atoms with Gasteiger partial charge in [-0.05, 0) is 65.4 Å².